The highest BCUT2D eigenvalue weighted by Gasteiger charge is 2.21. The minimum Gasteiger partial charge on any atom is -0.468 e. The Kier molecular flexibility index (Phi) is 6.27. The summed E-state index contributed by atoms with van der Waals surface area (Å²) < 4.78 is 5.74. The molecule has 0 atom stereocenters. The maximum Gasteiger partial charge on any atom is 0.122 e. The van der Waals surface area contributed by atoms with Crippen molar-refractivity contribution in [1.29, 1.82) is 0 Å². The van der Waals surface area contributed by atoms with Crippen LogP contribution in [0.4, 0.5) is 0 Å². The molecule has 0 bridgehead atoms. The summed E-state index contributed by atoms with van der Waals surface area (Å²) in [5.41, 5.74) is 1.32. The van der Waals surface area contributed by atoms with Gasteiger partial charge < -0.3 is 14.6 Å². The van der Waals surface area contributed by atoms with Crippen LogP contribution in [0.5, 0.6) is 0 Å². The first-order chi connectivity index (χ1) is 10.0. The highest BCUT2D eigenvalue weighted by Crippen LogP contribution is 2.21. The van der Waals surface area contributed by atoms with E-state index in [-0.39, 0.29) is 0 Å². The second-order valence-corrected chi connectivity index (χ2v) is 6.96. The van der Waals surface area contributed by atoms with Crippen LogP contribution in [0.1, 0.15) is 38.0 Å². The quantitative estimate of drug-likeness (QED) is 0.718. The topological polar surface area (TPSA) is 31.6 Å². The van der Waals surface area contributed by atoms with Crippen molar-refractivity contribution in [3.63, 3.8) is 0 Å². The second kappa shape index (κ2) is 7.97. The van der Waals surface area contributed by atoms with Crippen LogP contribution < -0.4 is 5.32 Å². The fourth-order valence-electron chi connectivity index (χ4n) is 2.50. The third-order valence-electron chi connectivity index (χ3n) is 3.85. The Morgan fingerprint density at radius 3 is 2.67 bits per heavy atom. The maximum absolute atomic E-state index is 5.74. The first-order valence-electron chi connectivity index (χ1n) is 8.20. The molecule has 21 heavy (non-hydrogen) atoms. The average Bonchev–Trinajstić information content (AvgIpc) is 3.13. The number of nitrogens with zero attached hydrogens (tertiary/aromatic N) is 2. The van der Waals surface area contributed by atoms with E-state index in [4.69, 9.17) is 4.42 Å². The Morgan fingerprint density at radius 2 is 2.05 bits per heavy atom. The molecular weight excluding hydrogens is 262 g/mol. The van der Waals surface area contributed by atoms with E-state index in [2.05, 4.69) is 49.1 Å². The van der Waals surface area contributed by atoms with Gasteiger partial charge in [-0.15, -0.1) is 0 Å². The molecule has 120 valence electrons. The van der Waals surface area contributed by atoms with Gasteiger partial charge in [-0.3, -0.25) is 4.90 Å². The zero-order valence-corrected chi connectivity index (χ0v) is 14.1. The highest BCUT2D eigenvalue weighted by atomic mass is 16.3. The fraction of sp³-hybridized carbons (Fsp3) is 0.765. The second-order valence-electron chi connectivity index (χ2n) is 6.96. The Bertz CT molecular complexity index is 410. The zero-order valence-electron chi connectivity index (χ0n) is 14.1. The van der Waals surface area contributed by atoms with Crippen molar-refractivity contribution in [2.45, 2.75) is 45.8 Å². The lowest BCUT2D eigenvalue weighted by atomic mass is 10.2. The average molecular weight is 293 g/mol. The highest BCUT2D eigenvalue weighted by molar-refractivity contribution is 5.17. The third-order valence-corrected chi connectivity index (χ3v) is 3.85. The van der Waals surface area contributed by atoms with Gasteiger partial charge in [0.05, 0.1) is 12.8 Å². The molecule has 1 aromatic heterocycles. The third kappa shape index (κ3) is 6.20. The van der Waals surface area contributed by atoms with E-state index in [0.717, 1.165) is 44.5 Å². The van der Waals surface area contributed by atoms with Gasteiger partial charge in [-0.2, -0.15) is 0 Å². The molecule has 4 nitrogen and oxygen atoms in total. The smallest absolute Gasteiger partial charge is 0.122 e. The summed E-state index contributed by atoms with van der Waals surface area (Å²) in [4.78, 5) is 4.75. The molecule has 0 amide bonds. The van der Waals surface area contributed by atoms with Crippen molar-refractivity contribution >= 4 is 0 Å². The Hall–Kier alpha value is -0.840. The number of furan rings is 1. The molecule has 1 fully saturated rings. The van der Waals surface area contributed by atoms with E-state index in [0.29, 0.717) is 5.92 Å². The SMILES string of the molecule is CC(C)CN(CCN(C)C)Cc1occc1CNC1CC1. The van der Waals surface area contributed by atoms with Crippen LogP contribution in [0.2, 0.25) is 0 Å². The van der Waals surface area contributed by atoms with Crippen molar-refractivity contribution in [2.24, 2.45) is 5.92 Å². The lowest BCUT2D eigenvalue weighted by molar-refractivity contribution is 0.197. The number of hydrogen-bond donors (Lipinski definition) is 1. The minimum atomic E-state index is 0.676. The molecule has 1 aliphatic rings. The molecule has 1 aromatic rings. The van der Waals surface area contributed by atoms with Crippen LogP contribution >= 0.6 is 0 Å². The largest absolute Gasteiger partial charge is 0.468 e. The molecule has 1 aliphatic carbocycles. The van der Waals surface area contributed by atoms with Crippen LogP contribution in [0.3, 0.4) is 0 Å². The van der Waals surface area contributed by atoms with Gasteiger partial charge in [0.1, 0.15) is 5.76 Å². The van der Waals surface area contributed by atoms with Crippen molar-refractivity contribution in [3.8, 4) is 0 Å². The van der Waals surface area contributed by atoms with Crippen molar-refractivity contribution in [1.82, 2.24) is 15.1 Å². The number of rotatable bonds is 10. The van der Waals surface area contributed by atoms with E-state index in [1.54, 1.807) is 0 Å². The molecule has 0 aliphatic heterocycles. The summed E-state index contributed by atoms with van der Waals surface area (Å²) in [6.45, 7) is 9.70. The van der Waals surface area contributed by atoms with Gasteiger partial charge in [0.15, 0.2) is 0 Å². The van der Waals surface area contributed by atoms with Gasteiger partial charge in [0.2, 0.25) is 0 Å². The summed E-state index contributed by atoms with van der Waals surface area (Å²) >= 11 is 0. The molecule has 4 heteroatoms. The molecule has 1 saturated carbocycles. The molecule has 0 spiro atoms. The van der Waals surface area contributed by atoms with Gasteiger partial charge in [0.25, 0.3) is 0 Å². The maximum atomic E-state index is 5.74. The molecule has 1 heterocycles. The lowest BCUT2D eigenvalue weighted by Crippen LogP contribution is -2.34. The van der Waals surface area contributed by atoms with Gasteiger partial charge in [0, 0.05) is 37.8 Å². The Balaban J connectivity index is 1.89. The Labute approximate surface area is 129 Å². The summed E-state index contributed by atoms with van der Waals surface area (Å²) in [6.07, 6.45) is 4.49. The van der Waals surface area contributed by atoms with Crippen LogP contribution in [-0.4, -0.2) is 49.6 Å². The molecular formula is C17H31N3O. The molecule has 2 rings (SSSR count). The van der Waals surface area contributed by atoms with Gasteiger partial charge >= 0.3 is 0 Å². The lowest BCUT2D eigenvalue weighted by Gasteiger charge is -2.25. The van der Waals surface area contributed by atoms with E-state index < -0.39 is 0 Å². The number of hydrogen-bond acceptors (Lipinski definition) is 4. The number of likely N-dealkylation sites (N-methyl/N-ethyl adjacent to an activating group) is 1. The summed E-state index contributed by atoms with van der Waals surface area (Å²) in [6, 6.07) is 2.86. The molecule has 0 unspecified atom stereocenters. The summed E-state index contributed by atoms with van der Waals surface area (Å²) in [5.74, 6) is 1.80. The van der Waals surface area contributed by atoms with Crippen molar-refractivity contribution in [2.75, 3.05) is 33.7 Å². The standard InChI is InChI=1S/C17H31N3O/c1-14(2)12-20(9-8-19(3)4)13-17-15(7-10-21-17)11-18-16-5-6-16/h7,10,14,16,18H,5-6,8-9,11-13H2,1-4H3. The number of nitrogens with one attached hydrogen (secondary N) is 1. The van der Waals surface area contributed by atoms with Crippen LogP contribution in [-0.2, 0) is 13.1 Å². The fourth-order valence-corrected chi connectivity index (χ4v) is 2.50. The molecule has 1 N–H and O–H groups in total. The normalized spacial score (nSPS) is 15.6. The predicted molar refractivity (Wildman–Crippen MR) is 87.2 cm³/mol. The summed E-state index contributed by atoms with van der Waals surface area (Å²) in [7, 11) is 4.26. The van der Waals surface area contributed by atoms with Crippen LogP contribution in [0.15, 0.2) is 16.7 Å². The molecule has 0 radical (unpaired) electrons. The monoisotopic (exact) mass is 293 g/mol. The minimum absolute atomic E-state index is 0.676. The van der Waals surface area contributed by atoms with Gasteiger partial charge in [-0.25, -0.2) is 0 Å². The van der Waals surface area contributed by atoms with E-state index in [1.165, 1.54) is 18.4 Å². The first-order valence-corrected chi connectivity index (χ1v) is 8.20. The first kappa shape index (κ1) is 16.5. The predicted octanol–water partition coefficient (Wildman–Crippen LogP) is 2.55. The van der Waals surface area contributed by atoms with Crippen LogP contribution in [0, 0.1) is 5.92 Å². The van der Waals surface area contributed by atoms with E-state index in [1.807, 2.05) is 6.26 Å². The Morgan fingerprint density at radius 1 is 1.29 bits per heavy atom. The molecule has 0 saturated heterocycles. The van der Waals surface area contributed by atoms with Crippen molar-refractivity contribution < 1.29 is 4.42 Å². The van der Waals surface area contributed by atoms with Gasteiger partial charge in [-0.1, -0.05) is 13.8 Å². The van der Waals surface area contributed by atoms with Crippen molar-refractivity contribution in [3.05, 3.63) is 23.7 Å². The van der Waals surface area contributed by atoms with Crippen LogP contribution in [0.25, 0.3) is 0 Å². The zero-order chi connectivity index (χ0) is 15.2. The van der Waals surface area contributed by atoms with E-state index >= 15 is 0 Å². The molecule has 0 aromatic carbocycles. The van der Waals surface area contributed by atoms with Gasteiger partial charge in [-0.05, 0) is 38.9 Å². The van der Waals surface area contributed by atoms with E-state index in [9.17, 15) is 0 Å². The summed E-state index contributed by atoms with van der Waals surface area (Å²) in [5, 5.41) is 3.58.